The molecule has 5 heterocycles. The molecule has 3 saturated heterocycles. The van der Waals surface area contributed by atoms with Gasteiger partial charge in [-0.3, -0.25) is 5.32 Å². The highest BCUT2D eigenvalue weighted by Crippen LogP contribution is 2.30. The number of urea groups is 1. The highest BCUT2D eigenvalue weighted by molar-refractivity contribution is 7.91. The summed E-state index contributed by atoms with van der Waals surface area (Å²) < 4.78 is 26.0. The van der Waals surface area contributed by atoms with Crippen molar-refractivity contribution >= 4 is 61.5 Å². The van der Waals surface area contributed by atoms with Crippen molar-refractivity contribution in [3.8, 4) is 11.3 Å². The standard InChI is InChI=1S/C32H35ClN8O3S2/c33-24-7-11-26(12-8-24)46(43,44)25-9-5-23(6-10-25)27-22-45-31(34-27)37-32(42)41-19-17-39(18-20-41)29-21-28(38-13-1-2-14-38)35-30(36-29)40-15-3-4-16-40/h5-12,21-22H,1-4,13-20H2,(H,34,37,42). The van der Waals surface area contributed by atoms with Crippen molar-refractivity contribution in [2.75, 3.05) is 72.4 Å². The van der Waals surface area contributed by atoms with Crippen LogP contribution in [-0.4, -0.2) is 86.7 Å². The molecular formula is C32H35ClN8O3S2. The molecule has 0 atom stereocenters. The highest BCUT2D eigenvalue weighted by Gasteiger charge is 2.26. The number of rotatable bonds is 7. The summed E-state index contributed by atoms with van der Waals surface area (Å²) in [7, 11) is -3.67. The Labute approximate surface area is 277 Å². The van der Waals surface area contributed by atoms with Crippen LogP contribution < -0.4 is 20.0 Å². The number of anilines is 4. The Morgan fingerprint density at radius 2 is 1.26 bits per heavy atom. The van der Waals surface area contributed by atoms with E-state index in [2.05, 4.69) is 31.1 Å². The van der Waals surface area contributed by atoms with Gasteiger partial charge in [-0.05, 0) is 62.1 Å². The number of aromatic nitrogens is 3. The fraction of sp³-hybridized carbons (Fsp3) is 0.375. The Bertz CT molecular complexity index is 1760. The topological polar surface area (TPSA) is 115 Å². The summed E-state index contributed by atoms with van der Waals surface area (Å²) in [5.41, 5.74) is 1.42. The summed E-state index contributed by atoms with van der Waals surface area (Å²) in [5.74, 6) is 2.74. The number of thiazole rings is 1. The molecule has 14 heteroatoms. The summed E-state index contributed by atoms with van der Waals surface area (Å²) >= 11 is 7.24. The minimum atomic E-state index is -3.67. The van der Waals surface area contributed by atoms with Crippen molar-refractivity contribution in [2.24, 2.45) is 0 Å². The van der Waals surface area contributed by atoms with E-state index in [4.69, 9.17) is 21.6 Å². The Morgan fingerprint density at radius 3 is 1.87 bits per heavy atom. The lowest BCUT2D eigenvalue weighted by Crippen LogP contribution is -2.50. The van der Waals surface area contributed by atoms with Crippen LogP contribution in [0.2, 0.25) is 5.02 Å². The van der Waals surface area contributed by atoms with Crippen molar-refractivity contribution in [3.63, 3.8) is 0 Å². The Kier molecular flexibility index (Phi) is 8.71. The normalized spacial score (nSPS) is 17.2. The number of nitrogens with one attached hydrogen (secondary N) is 1. The minimum Gasteiger partial charge on any atom is -0.356 e. The van der Waals surface area contributed by atoms with Crippen LogP contribution in [0.3, 0.4) is 0 Å². The van der Waals surface area contributed by atoms with Gasteiger partial charge in [-0.15, -0.1) is 11.3 Å². The first-order chi connectivity index (χ1) is 22.3. The molecule has 1 N–H and O–H groups in total. The number of sulfone groups is 1. The third-order valence-electron chi connectivity index (χ3n) is 8.70. The van der Waals surface area contributed by atoms with Gasteiger partial charge in [-0.2, -0.15) is 9.97 Å². The number of halogens is 1. The van der Waals surface area contributed by atoms with E-state index in [-0.39, 0.29) is 15.8 Å². The smallest absolute Gasteiger partial charge is 0.323 e. The van der Waals surface area contributed by atoms with E-state index in [0.717, 1.165) is 49.3 Å². The first-order valence-corrected chi connectivity index (χ1v) is 18.3. The van der Waals surface area contributed by atoms with E-state index in [1.165, 1.54) is 49.2 Å². The fourth-order valence-electron chi connectivity index (χ4n) is 6.07. The van der Waals surface area contributed by atoms with Gasteiger partial charge in [-0.25, -0.2) is 18.2 Å². The molecule has 3 aliphatic rings. The molecule has 0 unspecified atom stereocenters. The number of hydrogen-bond acceptors (Lipinski definition) is 10. The molecule has 0 aliphatic carbocycles. The zero-order valence-electron chi connectivity index (χ0n) is 25.3. The molecule has 46 heavy (non-hydrogen) atoms. The summed E-state index contributed by atoms with van der Waals surface area (Å²) in [4.78, 5) is 36.7. The summed E-state index contributed by atoms with van der Waals surface area (Å²) in [5, 5.41) is 5.75. The van der Waals surface area contributed by atoms with Crippen molar-refractivity contribution in [2.45, 2.75) is 35.5 Å². The van der Waals surface area contributed by atoms with E-state index in [9.17, 15) is 13.2 Å². The quantitative estimate of drug-likeness (QED) is 0.265. The molecule has 240 valence electrons. The molecule has 2 aromatic heterocycles. The first kappa shape index (κ1) is 30.7. The number of nitrogens with zero attached hydrogens (tertiary/aromatic N) is 7. The molecule has 7 rings (SSSR count). The van der Waals surface area contributed by atoms with Crippen LogP contribution in [0.15, 0.2) is 69.8 Å². The van der Waals surface area contributed by atoms with Crippen molar-refractivity contribution in [1.82, 2.24) is 19.9 Å². The summed E-state index contributed by atoms with van der Waals surface area (Å²) in [6, 6.07) is 14.6. The lowest BCUT2D eigenvalue weighted by atomic mass is 10.2. The van der Waals surface area contributed by atoms with Gasteiger partial charge < -0.3 is 19.6 Å². The fourth-order valence-corrected chi connectivity index (χ4v) is 8.16. The van der Waals surface area contributed by atoms with Crippen molar-refractivity contribution in [1.29, 1.82) is 0 Å². The molecular weight excluding hydrogens is 644 g/mol. The van der Waals surface area contributed by atoms with Gasteiger partial charge in [-0.1, -0.05) is 23.7 Å². The molecule has 4 aromatic rings. The molecule has 0 radical (unpaired) electrons. The molecule has 2 aromatic carbocycles. The maximum absolute atomic E-state index is 13.2. The van der Waals surface area contributed by atoms with Crippen LogP contribution in [0.4, 0.5) is 27.5 Å². The summed E-state index contributed by atoms with van der Waals surface area (Å²) in [6.07, 6.45) is 4.72. The number of hydrogen-bond donors (Lipinski definition) is 1. The van der Waals surface area contributed by atoms with E-state index in [1.807, 2.05) is 5.38 Å². The average molecular weight is 679 g/mol. The minimum absolute atomic E-state index is 0.180. The van der Waals surface area contributed by atoms with Crippen LogP contribution in [0.1, 0.15) is 25.7 Å². The van der Waals surface area contributed by atoms with Gasteiger partial charge in [0.15, 0.2) is 5.13 Å². The number of benzene rings is 2. The second kappa shape index (κ2) is 13.0. The second-order valence-electron chi connectivity index (χ2n) is 11.7. The molecule has 3 aliphatic heterocycles. The largest absolute Gasteiger partial charge is 0.356 e. The number of carbonyl (C=O) groups is 1. The van der Waals surface area contributed by atoms with Gasteiger partial charge in [0.25, 0.3) is 0 Å². The highest BCUT2D eigenvalue weighted by atomic mass is 35.5. The zero-order valence-corrected chi connectivity index (χ0v) is 27.7. The van der Waals surface area contributed by atoms with Gasteiger partial charge >= 0.3 is 6.03 Å². The van der Waals surface area contributed by atoms with Crippen LogP contribution >= 0.6 is 22.9 Å². The predicted molar refractivity (Wildman–Crippen MR) is 182 cm³/mol. The molecule has 0 spiro atoms. The molecule has 11 nitrogen and oxygen atoms in total. The number of amides is 2. The van der Waals surface area contributed by atoms with Gasteiger partial charge in [0.05, 0.1) is 15.5 Å². The average Bonchev–Trinajstić information content (AvgIpc) is 3.89. The van der Waals surface area contributed by atoms with E-state index >= 15 is 0 Å². The van der Waals surface area contributed by atoms with Crippen LogP contribution in [0, 0.1) is 0 Å². The third-order valence-corrected chi connectivity index (χ3v) is 11.5. The Balaban J connectivity index is 0.974. The Morgan fingerprint density at radius 1 is 0.717 bits per heavy atom. The molecule has 0 saturated carbocycles. The maximum atomic E-state index is 13.2. The van der Waals surface area contributed by atoms with Crippen LogP contribution in [-0.2, 0) is 9.84 Å². The Hall–Kier alpha value is -3.94. The summed E-state index contributed by atoms with van der Waals surface area (Å²) in [6.45, 7) is 6.53. The predicted octanol–water partition coefficient (Wildman–Crippen LogP) is 5.64. The lowest BCUT2D eigenvalue weighted by molar-refractivity contribution is 0.208. The number of carbonyl (C=O) groups excluding carboxylic acids is 1. The van der Waals surface area contributed by atoms with Crippen LogP contribution in [0.25, 0.3) is 11.3 Å². The monoisotopic (exact) mass is 678 g/mol. The second-order valence-corrected chi connectivity index (χ2v) is 14.9. The molecule has 0 bridgehead atoms. The van der Waals surface area contributed by atoms with Gasteiger partial charge in [0.2, 0.25) is 15.8 Å². The van der Waals surface area contributed by atoms with Gasteiger partial charge in [0, 0.05) is 74.4 Å². The van der Waals surface area contributed by atoms with E-state index < -0.39 is 9.84 Å². The van der Waals surface area contributed by atoms with Gasteiger partial charge in [0.1, 0.15) is 11.6 Å². The van der Waals surface area contributed by atoms with E-state index in [0.29, 0.717) is 42.0 Å². The first-order valence-electron chi connectivity index (χ1n) is 15.6. The molecule has 3 fully saturated rings. The number of piperazine rings is 1. The maximum Gasteiger partial charge on any atom is 0.323 e. The SMILES string of the molecule is O=C(Nc1nc(-c2ccc(S(=O)(=O)c3ccc(Cl)cc3)cc2)cs1)N1CCN(c2cc(N3CCCC3)nc(N3CCCC3)n2)CC1. The zero-order chi connectivity index (χ0) is 31.7. The van der Waals surface area contributed by atoms with Crippen molar-refractivity contribution < 1.29 is 13.2 Å². The lowest BCUT2D eigenvalue weighted by Gasteiger charge is -2.35. The third kappa shape index (κ3) is 6.49. The van der Waals surface area contributed by atoms with Crippen molar-refractivity contribution in [3.05, 3.63) is 65.0 Å². The van der Waals surface area contributed by atoms with E-state index in [1.54, 1.807) is 41.3 Å². The van der Waals surface area contributed by atoms with Crippen LogP contribution in [0.5, 0.6) is 0 Å². The molecule has 2 amide bonds.